The largest absolute Gasteiger partial charge is 0.503 e. The van der Waals surface area contributed by atoms with Gasteiger partial charge in [0.05, 0.1) is 22.2 Å². The molecule has 1 amide bonds. The van der Waals surface area contributed by atoms with Gasteiger partial charge in [0.1, 0.15) is 5.01 Å². The summed E-state index contributed by atoms with van der Waals surface area (Å²) in [6.07, 6.45) is 6.86. The lowest BCUT2D eigenvalue weighted by Crippen LogP contribution is -2.31. The van der Waals surface area contributed by atoms with Crippen molar-refractivity contribution in [1.29, 1.82) is 0 Å². The van der Waals surface area contributed by atoms with Gasteiger partial charge in [0.25, 0.3) is 5.91 Å². The Bertz CT molecular complexity index is 1540. The molecule has 4 aromatic rings. The Morgan fingerprint density at radius 3 is 2.36 bits per heavy atom. The second-order valence-corrected chi connectivity index (χ2v) is 10.8. The fourth-order valence-corrected chi connectivity index (χ4v) is 6.39. The zero-order chi connectivity index (χ0) is 26.9. The number of thiazole rings is 1. The average molecular weight is 537 g/mol. The molecular formula is C31H28N4O3S. The third-order valence-electron chi connectivity index (χ3n) is 7.33. The number of hydrogen-bond acceptors (Lipinski definition) is 7. The van der Waals surface area contributed by atoms with Crippen molar-refractivity contribution in [2.24, 2.45) is 0 Å². The van der Waals surface area contributed by atoms with Gasteiger partial charge >= 0.3 is 0 Å². The van der Waals surface area contributed by atoms with Crippen molar-refractivity contribution in [3.05, 3.63) is 107 Å². The summed E-state index contributed by atoms with van der Waals surface area (Å²) in [7, 11) is 0. The van der Waals surface area contributed by atoms with Gasteiger partial charge in [-0.25, -0.2) is 4.98 Å². The van der Waals surface area contributed by atoms with E-state index in [4.69, 9.17) is 0 Å². The maximum Gasteiger partial charge on any atom is 0.294 e. The maximum absolute atomic E-state index is 14.0. The predicted octanol–water partition coefficient (Wildman–Crippen LogP) is 6.29. The standard InChI is InChI=1S/C31H28N4O3S/c1-20-29(39-30(33-20)21-9-4-2-5-10-21)27(36)25-26(22-11-8-16-32-19-22)35(31(38)28(25)37)24-14-12-23(13-15-24)34-17-6-3-7-18-34/h2,4-5,8-16,19,26,37H,3,6-7,17-18H2,1H3. The molecule has 0 bridgehead atoms. The van der Waals surface area contributed by atoms with E-state index in [1.807, 2.05) is 60.7 Å². The molecule has 1 unspecified atom stereocenters. The van der Waals surface area contributed by atoms with E-state index in [-0.39, 0.29) is 5.57 Å². The first kappa shape index (κ1) is 25.0. The van der Waals surface area contributed by atoms with Crippen molar-refractivity contribution in [1.82, 2.24) is 9.97 Å². The van der Waals surface area contributed by atoms with Crippen LogP contribution in [-0.4, -0.2) is 39.9 Å². The van der Waals surface area contributed by atoms with Crippen molar-refractivity contribution in [3.8, 4) is 10.6 Å². The minimum atomic E-state index is -0.818. The van der Waals surface area contributed by atoms with Gasteiger partial charge in [-0.15, -0.1) is 11.3 Å². The first-order chi connectivity index (χ1) is 19.0. The average Bonchev–Trinajstić information content (AvgIpc) is 3.51. The number of hydrogen-bond donors (Lipinski definition) is 1. The number of ketones is 1. The van der Waals surface area contributed by atoms with Crippen molar-refractivity contribution < 1.29 is 14.7 Å². The number of anilines is 2. The number of nitrogens with zero attached hydrogens (tertiary/aromatic N) is 4. The van der Waals surface area contributed by atoms with E-state index in [0.717, 1.165) is 24.3 Å². The van der Waals surface area contributed by atoms with E-state index in [0.29, 0.717) is 26.8 Å². The number of Topliss-reactive ketones (excluding diaryl/α,β-unsaturated/α-hetero) is 1. The molecular weight excluding hydrogens is 508 g/mol. The number of aromatic nitrogens is 2. The lowest BCUT2D eigenvalue weighted by Gasteiger charge is -2.30. The number of carbonyl (C=O) groups is 2. The van der Waals surface area contributed by atoms with Crippen LogP contribution in [0.1, 0.15) is 46.2 Å². The quantitative estimate of drug-likeness (QED) is 0.292. The SMILES string of the molecule is Cc1nc(-c2ccccc2)sc1C(=O)C1=C(O)C(=O)N(c2ccc(N3CCCCC3)cc2)C1c1cccnc1. The van der Waals surface area contributed by atoms with Crippen LogP contribution in [0.25, 0.3) is 10.6 Å². The molecule has 7 nitrogen and oxygen atoms in total. The molecule has 2 aliphatic heterocycles. The van der Waals surface area contributed by atoms with Gasteiger partial charge in [-0.1, -0.05) is 36.4 Å². The Kier molecular flexibility index (Phi) is 6.70. The zero-order valence-electron chi connectivity index (χ0n) is 21.6. The summed E-state index contributed by atoms with van der Waals surface area (Å²) in [5.74, 6) is -1.55. The topological polar surface area (TPSA) is 86.6 Å². The molecule has 4 heterocycles. The van der Waals surface area contributed by atoms with Gasteiger partial charge < -0.3 is 10.0 Å². The number of pyridine rings is 1. The predicted molar refractivity (Wildman–Crippen MR) is 153 cm³/mol. The summed E-state index contributed by atoms with van der Waals surface area (Å²) in [6, 6.07) is 20.2. The Labute approximate surface area is 231 Å². The van der Waals surface area contributed by atoms with Crippen LogP contribution >= 0.6 is 11.3 Å². The highest BCUT2D eigenvalue weighted by atomic mass is 32.1. The summed E-state index contributed by atoms with van der Waals surface area (Å²) in [5.41, 5.74) is 3.86. The highest BCUT2D eigenvalue weighted by molar-refractivity contribution is 7.17. The second kappa shape index (κ2) is 10.5. The lowest BCUT2D eigenvalue weighted by atomic mass is 9.96. The summed E-state index contributed by atoms with van der Waals surface area (Å²) in [4.78, 5) is 40.7. The van der Waals surface area contributed by atoms with Crippen LogP contribution in [0.2, 0.25) is 0 Å². The number of benzene rings is 2. The van der Waals surface area contributed by atoms with E-state index in [1.165, 1.54) is 35.5 Å². The summed E-state index contributed by atoms with van der Waals surface area (Å²) in [6.45, 7) is 3.81. The number of aliphatic hydroxyl groups excluding tert-OH is 1. The van der Waals surface area contributed by atoms with Crippen LogP contribution in [0.15, 0.2) is 90.5 Å². The van der Waals surface area contributed by atoms with Gasteiger partial charge in [-0.2, -0.15) is 0 Å². The van der Waals surface area contributed by atoms with Crippen LogP contribution in [-0.2, 0) is 4.79 Å². The van der Waals surface area contributed by atoms with Crippen LogP contribution < -0.4 is 9.80 Å². The van der Waals surface area contributed by atoms with E-state index >= 15 is 0 Å². The highest BCUT2D eigenvalue weighted by Gasteiger charge is 2.45. The third kappa shape index (κ3) is 4.61. The molecule has 0 spiro atoms. The van der Waals surface area contributed by atoms with Crippen LogP contribution in [0.4, 0.5) is 11.4 Å². The molecule has 2 aromatic heterocycles. The highest BCUT2D eigenvalue weighted by Crippen LogP contribution is 2.43. The number of rotatable bonds is 6. The molecule has 196 valence electrons. The molecule has 0 aliphatic carbocycles. The van der Waals surface area contributed by atoms with Crippen LogP contribution in [0.3, 0.4) is 0 Å². The second-order valence-electron chi connectivity index (χ2n) is 9.82. The van der Waals surface area contributed by atoms with E-state index < -0.39 is 23.5 Å². The molecule has 1 atom stereocenters. The molecule has 1 saturated heterocycles. The van der Waals surface area contributed by atoms with Crippen LogP contribution in [0.5, 0.6) is 0 Å². The fourth-order valence-electron chi connectivity index (χ4n) is 5.37. The van der Waals surface area contributed by atoms with E-state index in [2.05, 4.69) is 14.9 Å². The lowest BCUT2D eigenvalue weighted by molar-refractivity contribution is -0.117. The van der Waals surface area contributed by atoms with Crippen LogP contribution in [0, 0.1) is 6.92 Å². The van der Waals surface area contributed by atoms with E-state index in [9.17, 15) is 14.7 Å². The first-order valence-corrected chi connectivity index (χ1v) is 13.9. The van der Waals surface area contributed by atoms with E-state index in [1.54, 1.807) is 25.4 Å². The number of amides is 1. The minimum absolute atomic E-state index is 0.0412. The Morgan fingerprint density at radius 2 is 1.67 bits per heavy atom. The first-order valence-electron chi connectivity index (χ1n) is 13.1. The molecule has 1 N–H and O–H groups in total. The summed E-state index contributed by atoms with van der Waals surface area (Å²) < 4.78 is 0. The number of aliphatic hydroxyl groups is 1. The molecule has 2 aliphatic rings. The van der Waals surface area contributed by atoms with Crippen molar-refractivity contribution in [3.63, 3.8) is 0 Å². The van der Waals surface area contributed by atoms with Crippen molar-refractivity contribution in [2.45, 2.75) is 32.2 Å². The monoisotopic (exact) mass is 536 g/mol. The zero-order valence-corrected chi connectivity index (χ0v) is 22.4. The van der Waals surface area contributed by atoms with Gasteiger partial charge in [0, 0.05) is 42.4 Å². The molecule has 6 rings (SSSR count). The number of aryl methyl sites for hydroxylation is 1. The minimum Gasteiger partial charge on any atom is -0.503 e. The third-order valence-corrected chi connectivity index (χ3v) is 8.53. The normalized spacial score (nSPS) is 17.7. The Hall–Kier alpha value is -4.30. The maximum atomic E-state index is 14.0. The van der Waals surface area contributed by atoms with Gasteiger partial charge in [0.2, 0.25) is 5.78 Å². The summed E-state index contributed by atoms with van der Waals surface area (Å²) >= 11 is 1.27. The molecule has 1 fully saturated rings. The van der Waals surface area contributed by atoms with Crippen molar-refractivity contribution >= 4 is 34.4 Å². The van der Waals surface area contributed by atoms with Gasteiger partial charge in [-0.3, -0.25) is 19.5 Å². The van der Waals surface area contributed by atoms with Gasteiger partial charge in [0.15, 0.2) is 5.76 Å². The molecule has 8 heteroatoms. The molecule has 0 saturated carbocycles. The molecule has 2 aromatic carbocycles. The molecule has 0 radical (unpaired) electrons. The van der Waals surface area contributed by atoms with Crippen molar-refractivity contribution in [2.75, 3.05) is 22.9 Å². The smallest absolute Gasteiger partial charge is 0.294 e. The number of piperidine rings is 1. The number of carbonyl (C=O) groups excluding carboxylic acids is 2. The Morgan fingerprint density at radius 1 is 0.949 bits per heavy atom. The van der Waals surface area contributed by atoms with Gasteiger partial charge in [-0.05, 0) is 62.1 Å². The summed E-state index contributed by atoms with van der Waals surface area (Å²) in [5, 5.41) is 11.9. The fraction of sp³-hybridized carbons (Fsp3) is 0.226. The molecule has 39 heavy (non-hydrogen) atoms. The Balaban J connectivity index is 1.39.